The highest BCUT2D eigenvalue weighted by molar-refractivity contribution is 5.76. The predicted octanol–water partition coefficient (Wildman–Crippen LogP) is 2.41. The van der Waals surface area contributed by atoms with E-state index in [4.69, 9.17) is 9.47 Å². The number of hydrogen-bond donors (Lipinski definition) is 2. The maximum Gasteiger partial charge on any atom is 0.203 e. The van der Waals surface area contributed by atoms with E-state index < -0.39 is 0 Å². The second-order valence-corrected chi connectivity index (χ2v) is 7.41. The lowest BCUT2D eigenvalue weighted by Gasteiger charge is -2.30. The van der Waals surface area contributed by atoms with Gasteiger partial charge < -0.3 is 14.8 Å². The fraction of sp³-hybridized carbons (Fsp3) is 0.476. The zero-order chi connectivity index (χ0) is 19.3. The van der Waals surface area contributed by atoms with Gasteiger partial charge in [-0.2, -0.15) is 5.10 Å². The normalized spacial score (nSPS) is 26.2. The summed E-state index contributed by atoms with van der Waals surface area (Å²) < 4.78 is 11.4. The molecule has 3 unspecified atom stereocenters. The van der Waals surface area contributed by atoms with Gasteiger partial charge in [0.05, 0.1) is 19.4 Å². The van der Waals surface area contributed by atoms with Crippen molar-refractivity contribution in [3.63, 3.8) is 0 Å². The first kappa shape index (κ1) is 18.7. The zero-order valence-corrected chi connectivity index (χ0v) is 16.0. The van der Waals surface area contributed by atoms with Crippen molar-refractivity contribution in [1.82, 2.24) is 15.5 Å². The van der Waals surface area contributed by atoms with Crippen LogP contribution in [0.25, 0.3) is 0 Å². The van der Waals surface area contributed by atoms with Crippen LogP contribution in [0.2, 0.25) is 0 Å². The summed E-state index contributed by atoms with van der Waals surface area (Å²) in [7, 11) is 0. The summed E-state index contributed by atoms with van der Waals surface area (Å²) in [5.74, 6) is 0.947. The fourth-order valence-electron chi connectivity index (χ4n) is 3.80. The van der Waals surface area contributed by atoms with Gasteiger partial charge in [-0.25, -0.2) is 0 Å². The summed E-state index contributed by atoms with van der Waals surface area (Å²) in [6.45, 7) is 3.53. The van der Waals surface area contributed by atoms with Gasteiger partial charge >= 0.3 is 0 Å². The molecule has 7 heteroatoms. The Labute approximate surface area is 164 Å². The molecule has 7 nitrogen and oxygen atoms in total. The number of nitrogens with one attached hydrogen (secondary N) is 2. The van der Waals surface area contributed by atoms with Gasteiger partial charge in [0.15, 0.2) is 5.76 Å². The van der Waals surface area contributed by atoms with Gasteiger partial charge in [0, 0.05) is 43.1 Å². The lowest BCUT2D eigenvalue weighted by Crippen LogP contribution is -2.35. The molecule has 0 aromatic carbocycles. The summed E-state index contributed by atoms with van der Waals surface area (Å²) in [4.78, 5) is 16.8. The molecule has 28 heavy (non-hydrogen) atoms. The van der Waals surface area contributed by atoms with E-state index in [1.54, 1.807) is 6.20 Å². The van der Waals surface area contributed by atoms with Crippen molar-refractivity contribution >= 4 is 6.21 Å². The van der Waals surface area contributed by atoms with Crippen LogP contribution in [-0.4, -0.2) is 41.9 Å². The molecule has 2 aliphatic heterocycles. The van der Waals surface area contributed by atoms with Crippen LogP contribution >= 0.6 is 0 Å². The molecular formula is C21H26N4O3. The van der Waals surface area contributed by atoms with Crippen molar-refractivity contribution in [2.75, 3.05) is 13.2 Å². The van der Waals surface area contributed by atoms with E-state index in [1.807, 2.05) is 25.4 Å². The van der Waals surface area contributed by atoms with Crippen molar-refractivity contribution in [2.45, 2.75) is 44.4 Å². The van der Waals surface area contributed by atoms with Gasteiger partial charge in [0.2, 0.25) is 5.43 Å². The second-order valence-electron chi connectivity index (χ2n) is 7.41. The van der Waals surface area contributed by atoms with Gasteiger partial charge in [-0.3, -0.25) is 14.9 Å². The molecule has 1 saturated heterocycles. The average Bonchev–Trinajstić information content (AvgIpc) is 2.75. The quantitative estimate of drug-likeness (QED) is 0.816. The highest BCUT2D eigenvalue weighted by Gasteiger charge is 2.26. The third-order valence-electron chi connectivity index (χ3n) is 5.49. The largest absolute Gasteiger partial charge is 0.487 e. The van der Waals surface area contributed by atoms with E-state index in [0.717, 1.165) is 38.2 Å². The molecule has 0 bridgehead atoms. The van der Waals surface area contributed by atoms with Crippen LogP contribution in [0.15, 0.2) is 57.8 Å². The first-order valence-corrected chi connectivity index (χ1v) is 9.86. The molecule has 4 rings (SSSR count). The van der Waals surface area contributed by atoms with Crippen molar-refractivity contribution in [1.29, 1.82) is 0 Å². The van der Waals surface area contributed by atoms with E-state index in [9.17, 15) is 4.79 Å². The van der Waals surface area contributed by atoms with E-state index in [2.05, 4.69) is 32.7 Å². The maximum atomic E-state index is 12.1. The number of nitrogens with zero attached hydrogens (tertiary/aromatic N) is 2. The lowest BCUT2D eigenvalue weighted by atomic mass is 9.84. The van der Waals surface area contributed by atoms with E-state index in [1.165, 1.54) is 11.6 Å². The van der Waals surface area contributed by atoms with Crippen LogP contribution in [0.1, 0.15) is 37.8 Å². The fourth-order valence-corrected chi connectivity index (χ4v) is 3.80. The average molecular weight is 382 g/mol. The van der Waals surface area contributed by atoms with Gasteiger partial charge in [-0.1, -0.05) is 30.7 Å². The molecular weight excluding hydrogens is 356 g/mol. The highest BCUT2D eigenvalue weighted by atomic mass is 16.5. The predicted molar refractivity (Wildman–Crippen MR) is 107 cm³/mol. The number of hydrogen-bond acceptors (Lipinski definition) is 6. The molecule has 0 spiro atoms. The van der Waals surface area contributed by atoms with Crippen LogP contribution in [0, 0.1) is 5.92 Å². The second kappa shape index (κ2) is 8.56. The minimum absolute atomic E-state index is 0.0343. The number of H-pyrrole nitrogens is 1. The summed E-state index contributed by atoms with van der Waals surface area (Å²) in [5, 5.41) is 10.3. The first-order valence-electron chi connectivity index (χ1n) is 9.86. The molecule has 1 aromatic heterocycles. The maximum absolute atomic E-state index is 12.1. The van der Waals surface area contributed by atoms with Crippen molar-refractivity contribution in [2.24, 2.45) is 10.9 Å². The highest BCUT2D eigenvalue weighted by Crippen LogP contribution is 2.31. The molecule has 0 amide bonds. The smallest absolute Gasteiger partial charge is 0.203 e. The van der Waals surface area contributed by atoms with Crippen LogP contribution in [0.5, 0.6) is 0 Å². The van der Waals surface area contributed by atoms with Crippen LogP contribution in [-0.2, 0) is 9.47 Å². The number of aliphatic imine (C=N–C) groups is 1. The minimum atomic E-state index is -0.0452. The number of aromatic amines is 1. The van der Waals surface area contributed by atoms with Gasteiger partial charge in [0.1, 0.15) is 18.0 Å². The Hall–Kier alpha value is -2.67. The summed E-state index contributed by atoms with van der Waals surface area (Å²) in [5.41, 5.74) is 1.70. The topological polar surface area (TPSA) is 88.6 Å². The number of ether oxygens (including phenoxy) is 2. The van der Waals surface area contributed by atoms with Crippen molar-refractivity contribution in [3.05, 3.63) is 63.9 Å². The Kier molecular flexibility index (Phi) is 5.71. The lowest BCUT2D eigenvalue weighted by molar-refractivity contribution is 0.000773. The Morgan fingerprint density at radius 1 is 1.32 bits per heavy atom. The standard InChI is InChI=1S/C21H26N4O3/c1-14(20-19(26)5-8-24-25-20)15-3-2-4-16(11-15)21-22-12-18(13-23-21)28-17-6-9-27-10-7-17/h2-5,8,12-14,16-17,21-22H,6-7,9-11H2,1H3,(H,24,26). The van der Waals surface area contributed by atoms with Gasteiger partial charge in [-0.15, -0.1) is 0 Å². The van der Waals surface area contributed by atoms with Crippen LogP contribution in [0.4, 0.5) is 0 Å². The van der Waals surface area contributed by atoms with Gasteiger partial charge in [0.25, 0.3) is 0 Å². The Morgan fingerprint density at radius 2 is 2.18 bits per heavy atom. The Balaban J connectivity index is 1.36. The van der Waals surface area contributed by atoms with E-state index >= 15 is 0 Å². The van der Waals surface area contributed by atoms with Crippen molar-refractivity contribution < 1.29 is 9.47 Å². The Morgan fingerprint density at radius 3 is 2.93 bits per heavy atom. The van der Waals surface area contributed by atoms with Gasteiger partial charge in [-0.05, 0) is 6.42 Å². The SMILES string of the molecule is CC(C1=CC=CC(C2N=CC(OC3CCOCC3)=CN2)C1)c1n[nH]ccc1=O. The molecule has 1 aromatic rings. The zero-order valence-electron chi connectivity index (χ0n) is 16.0. The molecule has 3 heterocycles. The van der Waals surface area contributed by atoms with E-state index in [-0.39, 0.29) is 29.5 Å². The molecule has 3 aliphatic rings. The number of aromatic nitrogens is 2. The molecule has 148 valence electrons. The van der Waals surface area contributed by atoms with E-state index in [0.29, 0.717) is 5.69 Å². The molecule has 1 fully saturated rings. The van der Waals surface area contributed by atoms with Crippen LogP contribution < -0.4 is 10.7 Å². The monoisotopic (exact) mass is 382 g/mol. The molecule has 0 radical (unpaired) electrons. The van der Waals surface area contributed by atoms with Crippen molar-refractivity contribution in [3.8, 4) is 0 Å². The Bertz CT molecular complexity index is 864. The molecule has 3 atom stereocenters. The third-order valence-corrected chi connectivity index (χ3v) is 5.49. The first-order chi connectivity index (χ1) is 13.7. The summed E-state index contributed by atoms with van der Waals surface area (Å²) >= 11 is 0. The summed E-state index contributed by atoms with van der Waals surface area (Å²) in [6, 6.07) is 1.52. The third kappa shape index (κ3) is 4.25. The van der Waals surface area contributed by atoms with Crippen LogP contribution in [0.3, 0.4) is 0 Å². The molecule has 0 saturated carbocycles. The molecule has 1 aliphatic carbocycles. The number of allylic oxidation sites excluding steroid dienone is 4. The minimum Gasteiger partial charge on any atom is -0.487 e. The number of rotatable bonds is 5. The summed E-state index contributed by atoms with van der Waals surface area (Å²) in [6.07, 6.45) is 14.4. The molecule has 2 N–H and O–H groups in total.